The van der Waals surface area contributed by atoms with E-state index in [1.54, 1.807) is 6.92 Å². The van der Waals surface area contributed by atoms with Crippen LogP contribution in [0, 0.1) is 0 Å². The lowest BCUT2D eigenvalue weighted by Crippen LogP contribution is -2.23. The van der Waals surface area contributed by atoms with E-state index in [0.29, 0.717) is 19.3 Å². The Morgan fingerprint density at radius 2 is 1.93 bits per heavy atom. The second-order valence-electron chi connectivity index (χ2n) is 3.75. The van der Waals surface area contributed by atoms with Crippen molar-refractivity contribution in [3.63, 3.8) is 0 Å². The molecule has 0 amide bonds. The van der Waals surface area contributed by atoms with E-state index in [4.69, 9.17) is 5.73 Å². The van der Waals surface area contributed by atoms with Gasteiger partial charge in [-0.25, -0.2) is 8.42 Å². The van der Waals surface area contributed by atoms with Crippen molar-refractivity contribution < 1.29 is 13.2 Å². The van der Waals surface area contributed by atoms with Crippen molar-refractivity contribution in [2.24, 2.45) is 5.73 Å². The third kappa shape index (κ3) is 7.50. The highest BCUT2D eigenvalue weighted by Gasteiger charge is 2.11. The van der Waals surface area contributed by atoms with E-state index in [2.05, 4.69) is 0 Å². The Labute approximate surface area is 92.2 Å². The van der Waals surface area contributed by atoms with Crippen LogP contribution in [0.2, 0.25) is 0 Å². The number of rotatable bonds is 8. The molecule has 0 aromatic carbocycles. The predicted molar refractivity (Wildman–Crippen MR) is 61.5 cm³/mol. The monoisotopic (exact) mass is 235 g/mol. The first kappa shape index (κ1) is 14.6. The molecule has 4 nitrogen and oxygen atoms in total. The molecule has 0 aromatic rings. The fourth-order valence-electron chi connectivity index (χ4n) is 1.17. The minimum absolute atomic E-state index is 0.0654. The second kappa shape index (κ2) is 6.95. The van der Waals surface area contributed by atoms with E-state index in [1.165, 1.54) is 0 Å². The SMILES string of the molecule is CCC(N)CC(=O)CCCS(=O)(=O)CC. The summed E-state index contributed by atoms with van der Waals surface area (Å²) in [7, 11) is -2.93. The molecular formula is C10H21NO3S. The molecule has 0 aromatic heterocycles. The van der Waals surface area contributed by atoms with Gasteiger partial charge in [0.15, 0.2) is 0 Å². The van der Waals surface area contributed by atoms with Gasteiger partial charge >= 0.3 is 0 Å². The van der Waals surface area contributed by atoms with E-state index in [1.807, 2.05) is 6.92 Å². The van der Waals surface area contributed by atoms with Gasteiger partial charge in [-0.2, -0.15) is 0 Å². The number of carbonyl (C=O) groups excluding carboxylic acids is 1. The number of nitrogens with two attached hydrogens (primary N) is 1. The number of hydrogen-bond donors (Lipinski definition) is 1. The van der Waals surface area contributed by atoms with Gasteiger partial charge in [0, 0.05) is 24.6 Å². The zero-order valence-electron chi connectivity index (χ0n) is 9.53. The Morgan fingerprint density at radius 1 is 1.33 bits per heavy atom. The summed E-state index contributed by atoms with van der Waals surface area (Å²) in [6.07, 6.45) is 1.89. The van der Waals surface area contributed by atoms with E-state index < -0.39 is 9.84 Å². The average molecular weight is 235 g/mol. The maximum Gasteiger partial charge on any atom is 0.150 e. The fraction of sp³-hybridized carbons (Fsp3) is 0.900. The maximum atomic E-state index is 11.3. The number of sulfone groups is 1. The lowest BCUT2D eigenvalue weighted by atomic mass is 10.1. The fourth-order valence-corrected chi connectivity index (χ4v) is 2.05. The van der Waals surface area contributed by atoms with Gasteiger partial charge in [0.1, 0.15) is 15.6 Å². The molecule has 0 bridgehead atoms. The van der Waals surface area contributed by atoms with Gasteiger partial charge in [0.25, 0.3) is 0 Å². The van der Waals surface area contributed by atoms with Crippen LogP contribution in [0.25, 0.3) is 0 Å². The highest BCUT2D eigenvalue weighted by Crippen LogP contribution is 2.03. The third-order valence-electron chi connectivity index (χ3n) is 2.37. The van der Waals surface area contributed by atoms with Crippen LogP contribution in [-0.2, 0) is 14.6 Å². The number of Topliss-reactive ketones (excluding diaryl/α,β-unsaturated/α-hetero) is 1. The van der Waals surface area contributed by atoms with Crippen molar-refractivity contribution >= 4 is 15.6 Å². The molecule has 5 heteroatoms. The van der Waals surface area contributed by atoms with E-state index >= 15 is 0 Å². The van der Waals surface area contributed by atoms with Gasteiger partial charge in [-0.05, 0) is 12.8 Å². The molecule has 0 spiro atoms. The second-order valence-corrected chi connectivity index (χ2v) is 6.22. The molecule has 0 aliphatic rings. The van der Waals surface area contributed by atoms with E-state index in [-0.39, 0.29) is 23.3 Å². The van der Waals surface area contributed by atoms with Crippen LogP contribution in [-0.4, -0.2) is 31.7 Å². The molecule has 0 aliphatic carbocycles. The van der Waals surface area contributed by atoms with Crippen LogP contribution >= 0.6 is 0 Å². The molecule has 2 N–H and O–H groups in total. The summed E-state index contributed by atoms with van der Waals surface area (Å²) >= 11 is 0. The van der Waals surface area contributed by atoms with Gasteiger partial charge in [-0.1, -0.05) is 13.8 Å². The smallest absolute Gasteiger partial charge is 0.150 e. The molecule has 0 saturated heterocycles. The molecule has 1 unspecified atom stereocenters. The lowest BCUT2D eigenvalue weighted by molar-refractivity contribution is -0.119. The van der Waals surface area contributed by atoms with E-state index in [0.717, 1.165) is 6.42 Å². The summed E-state index contributed by atoms with van der Waals surface area (Å²) in [6, 6.07) is -0.0831. The van der Waals surface area contributed by atoms with Crippen molar-refractivity contribution in [2.45, 2.75) is 45.6 Å². The van der Waals surface area contributed by atoms with Crippen LogP contribution in [0.1, 0.15) is 39.5 Å². The topological polar surface area (TPSA) is 77.2 Å². The Kier molecular flexibility index (Phi) is 6.76. The standard InChI is InChI=1S/C10H21NO3S/c1-3-9(11)8-10(12)6-5-7-15(13,14)4-2/h9H,3-8,11H2,1-2H3. The lowest BCUT2D eigenvalue weighted by Gasteiger charge is -2.07. The molecule has 0 heterocycles. The molecule has 0 saturated carbocycles. The van der Waals surface area contributed by atoms with Crippen LogP contribution in [0.15, 0.2) is 0 Å². The molecule has 0 fully saturated rings. The Balaban J connectivity index is 3.74. The quantitative estimate of drug-likeness (QED) is 0.678. The molecule has 90 valence electrons. The predicted octanol–water partition coefficient (Wildman–Crippen LogP) is 0.898. The van der Waals surface area contributed by atoms with Crippen molar-refractivity contribution in [3.8, 4) is 0 Å². The summed E-state index contributed by atoms with van der Waals surface area (Å²) in [4.78, 5) is 11.3. The van der Waals surface area contributed by atoms with E-state index in [9.17, 15) is 13.2 Å². The molecule has 0 aliphatic heterocycles. The largest absolute Gasteiger partial charge is 0.327 e. The van der Waals surface area contributed by atoms with Crippen molar-refractivity contribution in [1.29, 1.82) is 0 Å². The molecular weight excluding hydrogens is 214 g/mol. The van der Waals surface area contributed by atoms with Crippen molar-refractivity contribution in [1.82, 2.24) is 0 Å². The van der Waals surface area contributed by atoms with Gasteiger partial charge in [0.05, 0.1) is 5.75 Å². The number of hydrogen-bond acceptors (Lipinski definition) is 4. The molecule has 1 atom stereocenters. The Hall–Kier alpha value is -0.420. The molecule has 0 radical (unpaired) electrons. The summed E-state index contributed by atoms with van der Waals surface area (Å²) in [5.41, 5.74) is 5.62. The Bertz CT molecular complexity index is 285. The minimum atomic E-state index is -2.93. The highest BCUT2D eigenvalue weighted by molar-refractivity contribution is 7.91. The van der Waals surface area contributed by atoms with Gasteiger partial charge < -0.3 is 5.73 Å². The van der Waals surface area contributed by atoms with Crippen molar-refractivity contribution in [3.05, 3.63) is 0 Å². The summed E-state index contributed by atoms with van der Waals surface area (Å²) < 4.78 is 22.2. The van der Waals surface area contributed by atoms with Crippen LogP contribution in [0.5, 0.6) is 0 Å². The average Bonchev–Trinajstić information content (AvgIpc) is 2.17. The molecule has 15 heavy (non-hydrogen) atoms. The van der Waals surface area contributed by atoms with Gasteiger partial charge in [-0.3, -0.25) is 4.79 Å². The minimum Gasteiger partial charge on any atom is -0.327 e. The first-order valence-electron chi connectivity index (χ1n) is 5.39. The van der Waals surface area contributed by atoms with Crippen LogP contribution in [0.4, 0.5) is 0 Å². The number of ketones is 1. The summed E-state index contributed by atoms with van der Waals surface area (Å²) in [6.45, 7) is 3.55. The van der Waals surface area contributed by atoms with Crippen LogP contribution < -0.4 is 5.73 Å². The zero-order valence-corrected chi connectivity index (χ0v) is 10.3. The van der Waals surface area contributed by atoms with Crippen molar-refractivity contribution in [2.75, 3.05) is 11.5 Å². The van der Waals surface area contributed by atoms with Crippen LogP contribution in [0.3, 0.4) is 0 Å². The normalized spacial score (nSPS) is 13.8. The molecule has 0 rings (SSSR count). The summed E-state index contributed by atoms with van der Waals surface area (Å²) in [5.74, 6) is 0.322. The van der Waals surface area contributed by atoms with Gasteiger partial charge in [0.2, 0.25) is 0 Å². The first-order chi connectivity index (χ1) is 6.91. The Morgan fingerprint density at radius 3 is 2.40 bits per heavy atom. The maximum absolute atomic E-state index is 11.3. The highest BCUT2D eigenvalue weighted by atomic mass is 32.2. The summed E-state index contributed by atoms with van der Waals surface area (Å²) in [5, 5.41) is 0. The number of carbonyl (C=O) groups is 1. The zero-order chi connectivity index (χ0) is 11.9. The van der Waals surface area contributed by atoms with Gasteiger partial charge in [-0.15, -0.1) is 0 Å². The third-order valence-corrected chi connectivity index (χ3v) is 4.16. The first-order valence-corrected chi connectivity index (χ1v) is 7.21.